The van der Waals surface area contributed by atoms with E-state index in [1.165, 1.54) is 19.2 Å². The summed E-state index contributed by atoms with van der Waals surface area (Å²) in [7, 11) is 1.52. The summed E-state index contributed by atoms with van der Waals surface area (Å²) >= 11 is 5.62. The lowest BCUT2D eigenvalue weighted by molar-refractivity contribution is -0.0375. The molecule has 3 nitrogen and oxygen atoms in total. The lowest BCUT2D eigenvalue weighted by atomic mass is 9.90. The number of ether oxygens (including phenoxy) is 1. The molecule has 0 saturated carbocycles. The van der Waals surface area contributed by atoms with Crippen LogP contribution in [-0.4, -0.2) is 31.0 Å². The third kappa shape index (κ3) is 4.53. The Hall–Kier alpha value is -0.680. The van der Waals surface area contributed by atoms with Gasteiger partial charge in [0, 0.05) is 13.5 Å². The highest BCUT2D eigenvalue weighted by molar-refractivity contribution is 6.30. The molecule has 3 N–H and O–H groups in total. The topological polar surface area (TPSA) is 55.5 Å². The third-order valence-corrected chi connectivity index (χ3v) is 3.08. The highest BCUT2D eigenvalue weighted by Gasteiger charge is 2.27. The Morgan fingerprint density at radius 1 is 1.50 bits per heavy atom. The molecule has 1 atom stereocenters. The van der Waals surface area contributed by atoms with Gasteiger partial charge in [0.15, 0.2) is 0 Å². The van der Waals surface area contributed by atoms with Crippen molar-refractivity contribution in [3.8, 4) is 0 Å². The molecule has 18 heavy (non-hydrogen) atoms. The van der Waals surface area contributed by atoms with Gasteiger partial charge in [-0.15, -0.1) is 0 Å². The maximum absolute atomic E-state index is 13.3. The number of benzene rings is 1. The van der Waals surface area contributed by atoms with Gasteiger partial charge in [-0.1, -0.05) is 17.7 Å². The number of aliphatic hydroxyl groups is 1. The van der Waals surface area contributed by atoms with E-state index >= 15 is 0 Å². The Bertz CT molecular complexity index is 389. The summed E-state index contributed by atoms with van der Waals surface area (Å²) in [6, 6.07) is 4.53. The van der Waals surface area contributed by atoms with Crippen molar-refractivity contribution in [3.63, 3.8) is 0 Å². The Morgan fingerprint density at radius 3 is 2.78 bits per heavy atom. The van der Waals surface area contributed by atoms with Crippen molar-refractivity contribution >= 4 is 11.6 Å². The van der Waals surface area contributed by atoms with E-state index in [1.807, 2.05) is 0 Å². The maximum Gasteiger partial charge on any atom is 0.142 e. The summed E-state index contributed by atoms with van der Waals surface area (Å²) in [4.78, 5) is 0. The van der Waals surface area contributed by atoms with Crippen molar-refractivity contribution in [2.45, 2.75) is 24.9 Å². The average molecular weight is 276 g/mol. The van der Waals surface area contributed by atoms with Gasteiger partial charge in [-0.3, -0.25) is 0 Å². The normalized spacial score (nSPS) is 14.5. The van der Waals surface area contributed by atoms with E-state index in [4.69, 9.17) is 22.1 Å². The second kappa shape index (κ2) is 7.04. The maximum atomic E-state index is 13.3. The second-order valence-electron chi connectivity index (χ2n) is 4.47. The van der Waals surface area contributed by atoms with Crippen LogP contribution in [0.1, 0.15) is 18.4 Å². The first-order valence-electron chi connectivity index (χ1n) is 5.86. The monoisotopic (exact) mass is 275 g/mol. The standard InChI is InChI=1S/C13H19ClFNO2/c1-18-9-13(17,5-2-6-16)8-10-3-4-11(14)12(15)7-10/h3-4,7,17H,2,5-6,8-9,16H2,1H3. The molecule has 1 aromatic carbocycles. The van der Waals surface area contributed by atoms with Crippen molar-refractivity contribution in [2.24, 2.45) is 5.73 Å². The zero-order chi connectivity index (χ0) is 13.6. The van der Waals surface area contributed by atoms with Crippen molar-refractivity contribution in [1.82, 2.24) is 0 Å². The van der Waals surface area contributed by atoms with E-state index in [0.717, 1.165) is 0 Å². The smallest absolute Gasteiger partial charge is 0.142 e. The summed E-state index contributed by atoms with van der Waals surface area (Å²) in [5, 5.41) is 10.5. The van der Waals surface area contributed by atoms with Crippen molar-refractivity contribution in [1.29, 1.82) is 0 Å². The number of hydrogen-bond acceptors (Lipinski definition) is 3. The van der Waals surface area contributed by atoms with Gasteiger partial charge >= 0.3 is 0 Å². The summed E-state index contributed by atoms with van der Waals surface area (Å²) in [6.45, 7) is 0.693. The van der Waals surface area contributed by atoms with Crippen molar-refractivity contribution in [3.05, 3.63) is 34.6 Å². The quantitative estimate of drug-likeness (QED) is 0.802. The van der Waals surface area contributed by atoms with E-state index in [2.05, 4.69) is 0 Å². The molecule has 0 aliphatic carbocycles. The molecule has 0 aromatic heterocycles. The van der Waals surface area contributed by atoms with Crippen LogP contribution in [0.2, 0.25) is 5.02 Å². The van der Waals surface area contributed by atoms with Crippen LogP contribution in [0.25, 0.3) is 0 Å². The van der Waals surface area contributed by atoms with E-state index in [-0.39, 0.29) is 11.6 Å². The molecule has 0 fully saturated rings. The Balaban J connectivity index is 2.78. The molecule has 102 valence electrons. The molecule has 0 amide bonds. The predicted molar refractivity (Wildman–Crippen MR) is 70.2 cm³/mol. The second-order valence-corrected chi connectivity index (χ2v) is 4.88. The predicted octanol–water partition coefficient (Wildman–Crippen LogP) is 2.14. The van der Waals surface area contributed by atoms with Crippen molar-refractivity contribution < 1.29 is 14.2 Å². The van der Waals surface area contributed by atoms with Gasteiger partial charge in [0.25, 0.3) is 0 Å². The Kier molecular flexibility index (Phi) is 6.02. The molecular weight excluding hydrogens is 257 g/mol. The summed E-state index contributed by atoms with van der Waals surface area (Å²) in [5.41, 5.74) is 5.11. The van der Waals surface area contributed by atoms with Gasteiger partial charge in [0.1, 0.15) is 5.82 Å². The summed E-state index contributed by atoms with van der Waals surface area (Å²) in [6.07, 6.45) is 1.52. The number of rotatable bonds is 7. The minimum atomic E-state index is -1.02. The first-order chi connectivity index (χ1) is 8.50. The lowest BCUT2D eigenvalue weighted by Gasteiger charge is -2.27. The van der Waals surface area contributed by atoms with E-state index < -0.39 is 11.4 Å². The first kappa shape index (κ1) is 15.4. The lowest BCUT2D eigenvalue weighted by Crippen LogP contribution is -2.37. The molecule has 0 saturated heterocycles. The summed E-state index contributed by atoms with van der Waals surface area (Å²) < 4.78 is 18.3. The van der Waals surface area contributed by atoms with Gasteiger partial charge in [-0.25, -0.2) is 4.39 Å². The fourth-order valence-electron chi connectivity index (χ4n) is 1.94. The molecule has 5 heteroatoms. The zero-order valence-corrected chi connectivity index (χ0v) is 11.2. The molecular formula is C13H19ClFNO2. The largest absolute Gasteiger partial charge is 0.387 e. The van der Waals surface area contributed by atoms with Crippen LogP contribution in [0.5, 0.6) is 0 Å². The highest BCUT2D eigenvalue weighted by Crippen LogP contribution is 2.22. The molecule has 0 aliphatic rings. The number of halogens is 2. The molecule has 0 aliphatic heterocycles. The SMILES string of the molecule is COCC(O)(CCCN)Cc1ccc(Cl)c(F)c1. The van der Waals surface area contributed by atoms with Crippen LogP contribution in [0.15, 0.2) is 18.2 Å². The van der Waals surface area contributed by atoms with Gasteiger partial charge in [0.05, 0.1) is 17.2 Å². The van der Waals surface area contributed by atoms with E-state index in [0.29, 0.717) is 31.4 Å². The third-order valence-electron chi connectivity index (χ3n) is 2.78. The van der Waals surface area contributed by atoms with E-state index in [9.17, 15) is 9.50 Å². The molecule has 0 heterocycles. The number of methoxy groups -OCH3 is 1. The van der Waals surface area contributed by atoms with Crippen LogP contribution >= 0.6 is 11.6 Å². The average Bonchev–Trinajstić information content (AvgIpc) is 2.32. The Labute approximate surface area is 112 Å². The molecule has 1 unspecified atom stereocenters. The van der Waals surface area contributed by atoms with Crippen LogP contribution in [0, 0.1) is 5.82 Å². The van der Waals surface area contributed by atoms with Gasteiger partial charge in [0.2, 0.25) is 0 Å². The van der Waals surface area contributed by atoms with Crippen LogP contribution in [0.4, 0.5) is 4.39 Å². The van der Waals surface area contributed by atoms with E-state index in [1.54, 1.807) is 6.07 Å². The highest BCUT2D eigenvalue weighted by atomic mass is 35.5. The van der Waals surface area contributed by atoms with Crippen molar-refractivity contribution in [2.75, 3.05) is 20.3 Å². The van der Waals surface area contributed by atoms with Gasteiger partial charge < -0.3 is 15.6 Å². The minimum absolute atomic E-state index is 0.0796. The molecule has 0 radical (unpaired) electrons. The fraction of sp³-hybridized carbons (Fsp3) is 0.538. The fourth-order valence-corrected chi connectivity index (χ4v) is 2.06. The van der Waals surface area contributed by atoms with Gasteiger partial charge in [-0.05, 0) is 37.1 Å². The van der Waals surface area contributed by atoms with Crippen LogP contribution < -0.4 is 5.73 Å². The van der Waals surface area contributed by atoms with Gasteiger partial charge in [-0.2, -0.15) is 0 Å². The molecule has 0 spiro atoms. The summed E-state index contributed by atoms with van der Waals surface area (Å²) in [5.74, 6) is -0.479. The molecule has 0 bridgehead atoms. The molecule has 1 rings (SSSR count). The molecule has 1 aromatic rings. The first-order valence-corrected chi connectivity index (χ1v) is 6.24. The number of nitrogens with two attached hydrogens (primary N) is 1. The zero-order valence-electron chi connectivity index (χ0n) is 10.5. The van der Waals surface area contributed by atoms with Crippen LogP contribution in [0.3, 0.4) is 0 Å². The van der Waals surface area contributed by atoms with Crippen LogP contribution in [-0.2, 0) is 11.2 Å². The number of hydrogen-bond donors (Lipinski definition) is 2. The Morgan fingerprint density at radius 2 is 2.22 bits per heavy atom. The minimum Gasteiger partial charge on any atom is -0.387 e.